The Morgan fingerprint density at radius 1 is 1.32 bits per heavy atom. The predicted molar refractivity (Wildman–Crippen MR) is 119 cm³/mol. The number of aliphatic imine (C=N–C) groups is 1. The number of nitrogens with one attached hydrogen (secondary N) is 2. The number of hydrogen-bond donors (Lipinski definition) is 2. The summed E-state index contributed by atoms with van der Waals surface area (Å²) >= 11 is 1.81. The van der Waals surface area contributed by atoms with Crippen molar-refractivity contribution in [3.8, 4) is 0 Å². The van der Waals surface area contributed by atoms with Gasteiger partial charge in [0.1, 0.15) is 0 Å². The summed E-state index contributed by atoms with van der Waals surface area (Å²) in [7, 11) is 6.14. The lowest BCUT2D eigenvalue weighted by Crippen LogP contribution is -2.57. The average molecular weight is 480 g/mol. The highest BCUT2D eigenvalue weighted by molar-refractivity contribution is 14.0. The predicted octanol–water partition coefficient (Wildman–Crippen LogP) is 2.92. The van der Waals surface area contributed by atoms with Crippen LogP contribution >= 0.6 is 35.3 Å². The number of hydrogen-bond acceptors (Lipinski definition) is 4. The highest BCUT2D eigenvalue weighted by Crippen LogP contribution is 2.27. The lowest BCUT2D eigenvalue weighted by atomic mass is 9.88. The Morgan fingerprint density at radius 2 is 2.00 bits per heavy atom. The molecule has 2 rings (SSSR count). The minimum absolute atomic E-state index is 0. The second-order valence-corrected chi connectivity index (χ2v) is 8.32. The van der Waals surface area contributed by atoms with Gasteiger partial charge in [0, 0.05) is 49.2 Å². The molecule has 1 fully saturated rings. The maximum atomic E-state index is 5.54. The summed E-state index contributed by atoms with van der Waals surface area (Å²) in [6, 6.07) is 4.31. The van der Waals surface area contributed by atoms with E-state index in [-0.39, 0.29) is 34.9 Å². The molecule has 25 heavy (non-hydrogen) atoms. The van der Waals surface area contributed by atoms with E-state index in [0.29, 0.717) is 0 Å². The van der Waals surface area contributed by atoms with Crippen LogP contribution in [0.25, 0.3) is 0 Å². The fourth-order valence-electron chi connectivity index (χ4n) is 3.06. The highest BCUT2D eigenvalue weighted by Gasteiger charge is 2.35. The molecule has 0 radical (unpaired) electrons. The van der Waals surface area contributed by atoms with Gasteiger partial charge in [0.25, 0.3) is 0 Å². The summed E-state index contributed by atoms with van der Waals surface area (Å²) < 4.78 is 5.54. The summed E-state index contributed by atoms with van der Waals surface area (Å²) in [6.07, 6.45) is 2.09. The standard InChI is InChI=1S/C18H32N4OS.HI/c1-17(2,15-7-6-12-24-15)13-20-16(19-3)21-14-18(22(4)5)8-10-23-11-9-18;/h6-7,12H,8-11,13-14H2,1-5H3,(H2,19,20,21);1H. The Kier molecular flexibility index (Phi) is 9.14. The van der Waals surface area contributed by atoms with Crippen LogP contribution in [-0.4, -0.2) is 63.8 Å². The third-order valence-corrected chi connectivity index (χ3v) is 6.30. The fraction of sp³-hybridized carbons (Fsp3) is 0.722. The molecule has 0 amide bonds. The molecule has 0 saturated carbocycles. The van der Waals surface area contributed by atoms with E-state index < -0.39 is 0 Å². The van der Waals surface area contributed by atoms with Crippen molar-refractivity contribution in [1.82, 2.24) is 15.5 Å². The molecular formula is C18H33IN4OS. The second-order valence-electron chi connectivity index (χ2n) is 7.37. The van der Waals surface area contributed by atoms with Gasteiger partial charge in [-0.25, -0.2) is 0 Å². The van der Waals surface area contributed by atoms with E-state index in [2.05, 4.69) is 66.0 Å². The Bertz CT molecular complexity index is 525. The lowest BCUT2D eigenvalue weighted by Gasteiger charge is -2.43. The summed E-state index contributed by atoms with van der Waals surface area (Å²) in [6.45, 7) is 7.92. The van der Waals surface area contributed by atoms with Gasteiger partial charge in [0.15, 0.2) is 5.96 Å². The first-order valence-corrected chi connectivity index (χ1v) is 9.51. The zero-order valence-electron chi connectivity index (χ0n) is 16.1. The van der Waals surface area contributed by atoms with Crippen molar-refractivity contribution < 1.29 is 4.74 Å². The van der Waals surface area contributed by atoms with Crippen LogP contribution in [0, 0.1) is 0 Å². The van der Waals surface area contributed by atoms with Gasteiger partial charge in [-0.2, -0.15) is 0 Å². The van der Waals surface area contributed by atoms with Gasteiger partial charge < -0.3 is 20.3 Å². The normalized spacial score (nSPS) is 17.9. The molecule has 0 unspecified atom stereocenters. The summed E-state index contributed by atoms with van der Waals surface area (Å²) in [4.78, 5) is 8.11. The van der Waals surface area contributed by atoms with E-state index >= 15 is 0 Å². The molecule has 7 heteroatoms. The fourth-order valence-corrected chi connectivity index (χ4v) is 3.91. The van der Waals surface area contributed by atoms with Gasteiger partial charge in [0.05, 0.1) is 0 Å². The van der Waals surface area contributed by atoms with Crippen LogP contribution in [0.1, 0.15) is 31.6 Å². The van der Waals surface area contributed by atoms with Crippen molar-refractivity contribution in [1.29, 1.82) is 0 Å². The van der Waals surface area contributed by atoms with E-state index in [0.717, 1.165) is 45.1 Å². The molecule has 1 saturated heterocycles. The first kappa shape index (κ1) is 22.7. The van der Waals surface area contributed by atoms with Crippen molar-refractivity contribution in [2.75, 3.05) is 47.4 Å². The van der Waals surface area contributed by atoms with Crippen molar-refractivity contribution >= 4 is 41.3 Å². The van der Waals surface area contributed by atoms with Crippen LogP contribution in [0.4, 0.5) is 0 Å². The van der Waals surface area contributed by atoms with Crippen molar-refractivity contribution in [3.63, 3.8) is 0 Å². The molecule has 144 valence electrons. The molecule has 2 heterocycles. The van der Waals surface area contributed by atoms with Crippen LogP contribution < -0.4 is 10.6 Å². The van der Waals surface area contributed by atoms with Crippen LogP contribution in [0.5, 0.6) is 0 Å². The molecule has 5 nitrogen and oxygen atoms in total. The smallest absolute Gasteiger partial charge is 0.191 e. The van der Waals surface area contributed by atoms with Gasteiger partial charge in [-0.05, 0) is 38.4 Å². The van der Waals surface area contributed by atoms with Gasteiger partial charge >= 0.3 is 0 Å². The van der Waals surface area contributed by atoms with Crippen LogP contribution in [0.15, 0.2) is 22.5 Å². The largest absolute Gasteiger partial charge is 0.381 e. The molecule has 0 atom stereocenters. The molecule has 0 aromatic carbocycles. The number of ether oxygens (including phenoxy) is 1. The molecule has 1 aliphatic heterocycles. The highest BCUT2D eigenvalue weighted by atomic mass is 127. The van der Waals surface area contributed by atoms with E-state index in [1.54, 1.807) is 0 Å². The number of thiophene rings is 1. The van der Waals surface area contributed by atoms with Gasteiger partial charge in [-0.15, -0.1) is 35.3 Å². The topological polar surface area (TPSA) is 48.9 Å². The van der Waals surface area contributed by atoms with E-state index in [9.17, 15) is 0 Å². The minimum atomic E-state index is 0. The molecule has 1 aromatic rings. The lowest BCUT2D eigenvalue weighted by molar-refractivity contribution is -0.00501. The Balaban J connectivity index is 0.00000312. The number of likely N-dealkylation sites (N-methyl/N-ethyl adjacent to an activating group) is 1. The number of nitrogens with zero attached hydrogens (tertiary/aromatic N) is 2. The van der Waals surface area contributed by atoms with Crippen molar-refractivity contribution in [2.45, 2.75) is 37.6 Å². The molecule has 0 bridgehead atoms. The zero-order chi connectivity index (χ0) is 17.6. The van der Waals surface area contributed by atoms with Gasteiger partial charge in [0.2, 0.25) is 0 Å². The summed E-state index contributed by atoms with van der Waals surface area (Å²) in [5, 5.41) is 9.15. The molecule has 0 spiro atoms. The monoisotopic (exact) mass is 480 g/mol. The Labute approximate surface area is 173 Å². The average Bonchev–Trinajstić information content (AvgIpc) is 3.11. The third-order valence-electron chi connectivity index (χ3n) is 5.07. The van der Waals surface area contributed by atoms with Crippen LogP contribution in [0.2, 0.25) is 0 Å². The SMILES string of the molecule is CN=C(NCC(C)(C)c1cccs1)NCC1(N(C)C)CCOCC1.I. The molecule has 1 aromatic heterocycles. The first-order chi connectivity index (χ1) is 11.4. The van der Waals surface area contributed by atoms with E-state index in [1.807, 2.05) is 18.4 Å². The van der Waals surface area contributed by atoms with Crippen LogP contribution in [-0.2, 0) is 10.2 Å². The second kappa shape index (κ2) is 10.1. The molecule has 1 aliphatic rings. The van der Waals surface area contributed by atoms with Crippen molar-refractivity contribution in [2.24, 2.45) is 4.99 Å². The van der Waals surface area contributed by atoms with Crippen LogP contribution in [0.3, 0.4) is 0 Å². The maximum Gasteiger partial charge on any atom is 0.191 e. The number of halogens is 1. The first-order valence-electron chi connectivity index (χ1n) is 8.63. The van der Waals surface area contributed by atoms with Gasteiger partial charge in [-0.1, -0.05) is 19.9 Å². The van der Waals surface area contributed by atoms with E-state index in [4.69, 9.17) is 4.74 Å². The molecule has 2 N–H and O–H groups in total. The Morgan fingerprint density at radius 3 is 2.52 bits per heavy atom. The Hall–Kier alpha value is -0.380. The quantitative estimate of drug-likeness (QED) is 0.374. The number of rotatable bonds is 6. The zero-order valence-corrected chi connectivity index (χ0v) is 19.2. The van der Waals surface area contributed by atoms with E-state index in [1.165, 1.54) is 4.88 Å². The number of guanidine groups is 1. The summed E-state index contributed by atoms with van der Waals surface area (Å²) in [5.74, 6) is 0.868. The maximum absolute atomic E-state index is 5.54. The molecule has 0 aliphatic carbocycles. The summed E-state index contributed by atoms with van der Waals surface area (Å²) in [5.41, 5.74) is 0.225. The van der Waals surface area contributed by atoms with Gasteiger partial charge in [-0.3, -0.25) is 4.99 Å². The third kappa shape index (κ3) is 6.08. The van der Waals surface area contributed by atoms with Crippen molar-refractivity contribution in [3.05, 3.63) is 22.4 Å². The minimum Gasteiger partial charge on any atom is -0.381 e. The molecular weight excluding hydrogens is 447 g/mol.